The topological polar surface area (TPSA) is 87.2 Å². The third-order valence-corrected chi connectivity index (χ3v) is 3.82. The van der Waals surface area contributed by atoms with Crippen LogP contribution in [0.2, 0.25) is 0 Å². The summed E-state index contributed by atoms with van der Waals surface area (Å²) in [6.07, 6.45) is -1.91. The zero-order valence-electron chi connectivity index (χ0n) is 15.7. The molecule has 1 aromatic rings. The number of aliphatic hydroxyl groups is 1. The molecule has 0 saturated carbocycles. The van der Waals surface area contributed by atoms with E-state index in [1.807, 2.05) is 44.2 Å². The summed E-state index contributed by atoms with van der Waals surface area (Å²) in [5, 5.41) is 9.71. The molecule has 0 radical (unpaired) electrons. The molecule has 1 saturated heterocycles. The summed E-state index contributed by atoms with van der Waals surface area (Å²) in [7, 11) is 0. The largest absolute Gasteiger partial charge is 0.445 e. The fourth-order valence-electron chi connectivity index (χ4n) is 2.49. The lowest BCUT2D eigenvalue weighted by atomic mass is 10.1. The van der Waals surface area contributed by atoms with E-state index in [0.29, 0.717) is 26.2 Å². The number of ether oxygens (including phenoxy) is 1. The second-order valence-electron chi connectivity index (χ2n) is 5.77. The van der Waals surface area contributed by atoms with Crippen molar-refractivity contribution in [3.63, 3.8) is 0 Å². The quantitative estimate of drug-likeness (QED) is 0.861. The zero-order chi connectivity index (χ0) is 19.5. The van der Waals surface area contributed by atoms with Gasteiger partial charge >= 0.3 is 6.09 Å². The Balaban J connectivity index is 0.00000163. The minimum absolute atomic E-state index is 0.182. The molecule has 1 unspecified atom stereocenters. The van der Waals surface area contributed by atoms with Crippen LogP contribution in [0.4, 0.5) is 4.79 Å². The number of hydrogen-bond donors (Lipinski definition) is 1. The van der Waals surface area contributed by atoms with Crippen LogP contribution in [0.1, 0.15) is 32.8 Å². The van der Waals surface area contributed by atoms with E-state index in [0.717, 1.165) is 5.56 Å². The number of benzene rings is 1. The number of Topliss-reactive ketones (excluding diaryl/α,β-unsaturated/α-hetero) is 1. The monoisotopic (exact) mass is 364 g/mol. The van der Waals surface area contributed by atoms with Crippen LogP contribution in [-0.2, 0) is 20.9 Å². The minimum atomic E-state index is -1.31. The Morgan fingerprint density at radius 1 is 1.04 bits per heavy atom. The Bertz CT molecular complexity index is 583. The van der Waals surface area contributed by atoms with E-state index >= 15 is 0 Å². The number of amides is 2. The lowest BCUT2D eigenvalue weighted by Gasteiger charge is -2.35. The van der Waals surface area contributed by atoms with Gasteiger partial charge in [0.15, 0.2) is 0 Å². The van der Waals surface area contributed by atoms with Crippen molar-refractivity contribution in [1.82, 2.24) is 9.80 Å². The van der Waals surface area contributed by atoms with Gasteiger partial charge in [0.2, 0.25) is 0 Å². The van der Waals surface area contributed by atoms with Crippen molar-refractivity contribution in [2.75, 3.05) is 26.2 Å². The summed E-state index contributed by atoms with van der Waals surface area (Å²) in [6.45, 7) is 6.84. The average Bonchev–Trinajstić information content (AvgIpc) is 2.67. The number of piperazine rings is 1. The van der Waals surface area contributed by atoms with Crippen molar-refractivity contribution in [1.29, 1.82) is 0 Å². The molecule has 2 amide bonds. The molecule has 1 heterocycles. The fraction of sp³-hybridized carbons (Fsp3) is 0.526. The van der Waals surface area contributed by atoms with E-state index in [1.165, 1.54) is 16.7 Å². The molecule has 2 rings (SSSR count). The lowest BCUT2D eigenvalue weighted by molar-refractivity contribution is -0.144. The highest BCUT2D eigenvalue weighted by atomic mass is 16.6. The molecule has 7 heteroatoms. The van der Waals surface area contributed by atoms with E-state index in [4.69, 9.17) is 4.74 Å². The molecule has 7 nitrogen and oxygen atoms in total. The summed E-state index contributed by atoms with van der Waals surface area (Å²) >= 11 is 0. The lowest BCUT2D eigenvalue weighted by Crippen LogP contribution is -2.53. The summed E-state index contributed by atoms with van der Waals surface area (Å²) in [6, 6.07) is 9.39. The molecule has 1 aliphatic rings. The van der Waals surface area contributed by atoms with E-state index in [2.05, 4.69) is 0 Å². The van der Waals surface area contributed by atoms with Crippen LogP contribution in [0.3, 0.4) is 0 Å². The maximum atomic E-state index is 12.0. The highest BCUT2D eigenvalue weighted by Gasteiger charge is 2.28. The molecule has 144 valence electrons. The molecule has 0 aliphatic carbocycles. The van der Waals surface area contributed by atoms with Gasteiger partial charge in [-0.2, -0.15) is 0 Å². The minimum Gasteiger partial charge on any atom is -0.445 e. The first-order chi connectivity index (χ1) is 12.5. The standard InChI is InChI=1S/C17H22N2O5.C2H6/c1-13(20)11-15(21)16(22)18-7-9-19(10-8-18)17(23)24-12-14-5-3-2-4-6-14;1-2/h2-6,15,21H,7-12H2,1H3;1-2H3. The van der Waals surface area contributed by atoms with Crippen LogP contribution < -0.4 is 0 Å². The number of rotatable bonds is 5. The van der Waals surface area contributed by atoms with Gasteiger partial charge < -0.3 is 19.6 Å². The van der Waals surface area contributed by atoms with Gasteiger partial charge in [0, 0.05) is 32.6 Å². The van der Waals surface area contributed by atoms with Gasteiger partial charge in [-0.25, -0.2) is 4.79 Å². The molecular formula is C19H28N2O5. The first-order valence-corrected chi connectivity index (χ1v) is 8.89. The Kier molecular flexibility index (Phi) is 9.36. The summed E-state index contributed by atoms with van der Waals surface area (Å²) in [5.74, 6) is -0.707. The van der Waals surface area contributed by atoms with Crippen LogP contribution in [0.5, 0.6) is 0 Å². The number of ketones is 1. The molecule has 1 aliphatic heterocycles. The Labute approximate surface area is 154 Å². The number of carbonyl (C=O) groups is 3. The van der Waals surface area contributed by atoms with E-state index in [-0.39, 0.29) is 18.8 Å². The van der Waals surface area contributed by atoms with Crippen LogP contribution in [0.25, 0.3) is 0 Å². The van der Waals surface area contributed by atoms with Crippen molar-refractivity contribution in [3.05, 3.63) is 35.9 Å². The van der Waals surface area contributed by atoms with Crippen molar-refractivity contribution in [3.8, 4) is 0 Å². The van der Waals surface area contributed by atoms with E-state index in [1.54, 1.807) is 0 Å². The highest BCUT2D eigenvalue weighted by molar-refractivity contribution is 5.87. The predicted octanol–water partition coefficient (Wildman–Crippen LogP) is 1.83. The number of carbonyl (C=O) groups excluding carboxylic acids is 3. The van der Waals surface area contributed by atoms with Crippen LogP contribution in [-0.4, -0.2) is 65.0 Å². The van der Waals surface area contributed by atoms with Gasteiger partial charge in [-0.3, -0.25) is 9.59 Å². The van der Waals surface area contributed by atoms with Gasteiger partial charge in [0.25, 0.3) is 5.91 Å². The van der Waals surface area contributed by atoms with E-state index < -0.39 is 18.1 Å². The number of hydrogen-bond acceptors (Lipinski definition) is 5. The van der Waals surface area contributed by atoms with Crippen LogP contribution in [0.15, 0.2) is 30.3 Å². The highest BCUT2D eigenvalue weighted by Crippen LogP contribution is 2.09. The van der Waals surface area contributed by atoms with Crippen LogP contribution >= 0.6 is 0 Å². The summed E-state index contributed by atoms with van der Waals surface area (Å²) < 4.78 is 5.25. The molecule has 0 aromatic heterocycles. The molecule has 0 spiro atoms. The number of aliphatic hydroxyl groups excluding tert-OH is 1. The fourth-order valence-corrected chi connectivity index (χ4v) is 2.49. The normalized spacial score (nSPS) is 14.8. The van der Waals surface area contributed by atoms with Gasteiger partial charge in [-0.05, 0) is 12.5 Å². The van der Waals surface area contributed by atoms with Gasteiger partial charge in [-0.1, -0.05) is 44.2 Å². The van der Waals surface area contributed by atoms with E-state index in [9.17, 15) is 19.5 Å². The summed E-state index contributed by atoms with van der Waals surface area (Å²) in [5.41, 5.74) is 0.909. The first-order valence-electron chi connectivity index (χ1n) is 8.89. The van der Waals surface area contributed by atoms with Crippen molar-refractivity contribution < 1.29 is 24.2 Å². The van der Waals surface area contributed by atoms with Crippen molar-refractivity contribution in [2.24, 2.45) is 0 Å². The third-order valence-electron chi connectivity index (χ3n) is 3.82. The molecule has 1 aromatic carbocycles. The summed E-state index contributed by atoms with van der Waals surface area (Å²) in [4.78, 5) is 38.0. The van der Waals surface area contributed by atoms with Gasteiger partial charge in [-0.15, -0.1) is 0 Å². The average molecular weight is 364 g/mol. The molecule has 26 heavy (non-hydrogen) atoms. The van der Waals surface area contributed by atoms with Gasteiger partial charge in [0.1, 0.15) is 18.5 Å². The molecule has 0 bridgehead atoms. The third kappa shape index (κ3) is 6.84. The Morgan fingerprint density at radius 3 is 2.12 bits per heavy atom. The second-order valence-corrected chi connectivity index (χ2v) is 5.77. The smallest absolute Gasteiger partial charge is 0.410 e. The first kappa shape index (κ1) is 21.6. The predicted molar refractivity (Wildman–Crippen MR) is 97.4 cm³/mol. The molecule has 1 N–H and O–H groups in total. The molecule has 1 fully saturated rings. The van der Waals surface area contributed by atoms with Crippen molar-refractivity contribution in [2.45, 2.75) is 39.9 Å². The maximum Gasteiger partial charge on any atom is 0.410 e. The molecular weight excluding hydrogens is 336 g/mol. The van der Waals surface area contributed by atoms with Crippen molar-refractivity contribution >= 4 is 17.8 Å². The maximum absolute atomic E-state index is 12.0. The number of nitrogens with zero attached hydrogens (tertiary/aromatic N) is 2. The van der Waals surface area contributed by atoms with Crippen LogP contribution in [0, 0.1) is 0 Å². The Morgan fingerprint density at radius 2 is 1.58 bits per heavy atom. The molecule has 1 atom stereocenters. The SMILES string of the molecule is CC.CC(=O)CC(O)C(=O)N1CCN(C(=O)OCc2ccccc2)CC1. The second kappa shape index (κ2) is 11.3. The Hall–Kier alpha value is -2.41. The van der Waals surface area contributed by atoms with Gasteiger partial charge in [0.05, 0.1) is 0 Å². The zero-order valence-corrected chi connectivity index (χ0v) is 15.7.